The van der Waals surface area contributed by atoms with Gasteiger partial charge in [0.1, 0.15) is 0 Å². The van der Waals surface area contributed by atoms with E-state index in [1.807, 2.05) is 30.3 Å². The first-order valence-electron chi connectivity index (χ1n) is 5.66. The summed E-state index contributed by atoms with van der Waals surface area (Å²) in [7, 11) is 0. The minimum Gasteiger partial charge on any atom is -0.481 e. The second kappa shape index (κ2) is 5.31. The molecule has 0 amide bonds. The molecule has 0 saturated heterocycles. The molecule has 4 heteroatoms. The Balaban J connectivity index is 2.25. The van der Waals surface area contributed by atoms with E-state index in [4.69, 9.17) is 5.11 Å². The summed E-state index contributed by atoms with van der Waals surface area (Å²) in [6, 6.07) is 13.0. The summed E-state index contributed by atoms with van der Waals surface area (Å²) in [6.45, 7) is 0. The summed E-state index contributed by atoms with van der Waals surface area (Å²) < 4.78 is 0. The van der Waals surface area contributed by atoms with Crippen molar-refractivity contribution in [3.8, 4) is 11.3 Å². The number of rotatable bonds is 4. The predicted molar refractivity (Wildman–Crippen MR) is 68.5 cm³/mol. The molecule has 4 nitrogen and oxygen atoms in total. The van der Waals surface area contributed by atoms with Gasteiger partial charge in [0.25, 0.3) is 5.56 Å². The topological polar surface area (TPSA) is 70.2 Å². The van der Waals surface area contributed by atoms with Gasteiger partial charge in [-0.2, -0.15) is 0 Å². The van der Waals surface area contributed by atoms with Crippen molar-refractivity contribution in [2.24, 2.45) is 0 Å². The van der Waals surface area contributed by atoms with Gasteiger partial charge < -0.3 is 10.1 Å². The van der Waals surface area contributed by atoms with Crippen molar-refractivity contribution in [3.63, 3.8) is 0 Å². The van der Waals surface area contributed by atoms with E-state index >= 15 is 0 Å². The van der Waals surface area contributed by atoms with Crippen molar-refractivity contribution in [1.29, 1.82) is 0 Å². The van der Waals surface area contributed by atoms with Crippen molar-refractivity contribution in [1.82, 2.24) is 4.98 Å². The van der Waals surface area contributed by atoms with Gasteiger partial charge in [0.15, 0.2) is 0 Å². The number of hydrogen-bond donors (Lipinski definition) is 2. The number of carboxylic acids is 1. The minimum absolute atomic E-state index is 0.0340. The lowest BCUT2D eigenvalue weighted by Gasteiger charge is -2.03. The van der Waals surface area contributed by atoms with Crippen LogP contribution in [0.2, 0.25) is 0 Å². The molecular formula is C14H13NO3. The number of aliphatic carboxylic acids is 1. The Morgan fingerprint density at radius 2 is 1.83 bits per heavy atom. The van der Waals surface area contributed by atoms with Crippen molar-refractivity contribution < 1.29 is 9.90 Å². The third kappa shape index (κ3) is 2.85. The Morgan fingerprint density at radius 1 is 1.11 bits per heavy atom. The van der Waals surface area contributed by atoms with Crippen LogP contribution in [-0.2, 0) is 11.2 Å². The molecule has 2 aromatic rings. The highest BCUT2D eigenvalue weighted by atomic mass is 16.4. The molecule has 92 valence electrons. The van der Waals surface area contributed by atoms with Crippen LogP contribution in [0, 0.1) is 0 Å². The molecule has 18 heavy (non-hydrogen) atoms. The average Bonchev–Trinajstić information content (AvgIpc) is 2.38. The zero-order valence-electron chi connectivity index (χ0n) is 9.72. The Morgan fingerprint density at radius 3 is 2.44 bits per heavy atom. The number of aromatic nitrogens is 1. The molecule has 2 rings (SSSR count). The second-order valence-electron chi connectivity index (χ2n) is 3.99. The molecular weight excluding hydrogens is 230 g/mol. The fraction of sp³-hybridized carbons (Fsp3) is 0.143. The van der Waals surface area contributed by atoms with Crippen LogP contribution in [0.25, 0.3) is 11.3 Å². The van der Waals surface area contributed by atoms with Crippen molar-refractivity contribution >= 4 is 5.97 Å². The average molecular weight is 243 g/mol. The van der Waals surface area contributed by atoms with Crippen LogP contribution in [-0.4, -0.2) is 16.1 Å². The van der Waals surface area contributed by atoms with E-state index in [-0.39, 0.29) is 18.4 Å². The van der Waals surface area contributed by atoms with Gasteiger partial charge in [-0.3, -0.25) is 9.59 Å². The Kier molecular flexibility index (Phi) is 3.57. The number of pyridine rings is 1. The molecule has 2 N–H and O–H groups in total. The Bertz CT molecular complexity index is 602. The summed E-state index contributed by atoms with van der Waals surface area (Å²) in [5, 5.41) is 8.59. The number of H-pyrrole nitrogens is 1. The first kappa shape index (κ1) is 12.1. The van der Waals surface area contributed by atoms with Crippen molar-refractivity contribution in [3.05, 3.63) is 58.4 Å². The zero-order chi connectivity index (χ0) is 13.0. The monoisotopic (exact) mass is 243 g/mol. The summed E-state index contributed by atoms with van der Waals surface area (Å²) >= 11 is 0. The zero-order valence-corrected chi connectivity index (χ0v) is 9.72. The van der Waals surface area contributed by atoms with Gasteiger partial charge in [-0.15, -0.1) is 0 Å². The molecule has 0 spiro atoms. The number of benzene rings is 1. The van der Waals surface area contributed by atoms with Crippen LogP contribution in [0.4, 0.5) is 0 Å². The lowest BCUT2D eigenvalue weighted by Crippen LogP contribution is -2.14. The number of hydrogen-bond acceptors (Lipinski definition) is 2. The van der Waals surface area contributed by atoms with Crippen LogP contribution in [0.5, 0.6) is 0 Å². The van der Waals surface area contributed by atoms with E-state index in [1.165, 1.54) is 0 Å². The van der Waals surface area contributed by atoms with Crippen LogP contribution in [0.1, 0.15) is 12.0 Å². The second-order valence-corrected chi connectivity index (χ2v) is 3.99. The van der Waals surface area contributed by atoms with Crippen molar-refractivity contribution in [2.45, 2.75) is 12.8 Å². The van der Waals surface area contributed by atoms with Gasteiger partial charge in [-0.25, -0.2) is 0 Å². The van der Waals surface area contributed by atoms with Gasteiger partial charge in [-0.05, 0) is 18.1 Å². The molecule has 1 aromatic heterocycles. The molecule has 0 bridgehead atoms. The maximum absolute atomic E-state index is 11.8. The SMILES string of the molecule is O=C(O)CCc1ccc(-c2ccccc2)[nH]c1=O. The lowest BCUT2D eigenvalue weighted by molar-refractivity contribution is -0.136. The number of aromatic amines is 1. The molecule has 0 atom stereocenters. The normalized spacial score (nSPS) is 10.2. The molecule has 0 aliphatic heterocycles. The van der Waals surface area contributed by atoms with E-state index in [0.29, 0.717) is 5.56 Å². The molecule has 1 aromatic carbocycles. The van der Waals surface area contributed by atoms with Crippen LogP contribution in [0.3, 0.4) is 0 Å². The van der Waals surface area contributed by atoms with Crippen LogP contribution in [0.15, 0.2) is 47.3 Å². The largest absolute Gasteiger partial charge is 0.481 e. The highest BCUT2D eigenvalue weighted by molar-refractivity contribution is 5.67. The fourth-order valence-corrected chi connectivity index (χ4v) is 1.73. The summed E-state index contributed by atoms with van der Waals surface area (Å²) in [4.78, 5) is 25.0. The fourth-order valence-electron chi connectivity index (χ4n) is 1.73. The first-order chi connectivity index (χ1) is 8.66. The van der Waals surface area contributed by atoms with E-state index in [0.717, 1.165) is 11.3 Å². The summed E-state index contributed by atoms with van der Waals surface area (Å²) in [5.74, 6) is -0.901. The van der Waals surface area contributed by atoms with E-state index in [9.17, 15) is 9.59 Å². The molecule has 1 heterocycles. The highest BCUT2D eigenvalue weighted by Gasteiger charge is 2.05. The third-order valence-corrected chi connectivity index (χ3v) is 2.68. The third-order valence-electron chi connectivity index (χ3n) is 2.68. The van der Waals surface area contributed by atoms with Gasteiger partial charge in [0.05, 0.1) is 0 Å². The maximum Gasteiger partial charge on any atom is 0.303 e. The first-order valence-corrected chi connectivity index (χ1v) is 5.66. The highest BCUT2D eigenvalue weighted by Crippen LogP contribution is 2.14. The molecule has 0 aliphatic carbocycles. The number of carbonyl (C=O) groups is 1. The number of nitrogens with one attached hydrogen (secondary N) is 1. The number of carboxylic acid groups (broad SMARTS) is 1. The number of aryl methyl sites for hydroxylation is 1. The van der Waals surface area contributed by atoms with E-state index < -0.39 is 5.97 Å². The minimum atomic E-state index is -0.901. The maximum atomic E-state index is 11.8. The van der Waals surface area contributed by atoms with Gasteiger partial charge in [0.2, 0.25) is 0 Å². The summed E-state index contributed by atoms with van der Waals surface area (Å²) in [5.41, 5.74) is 1.94. The molecule has 0 radical (unpaired) electrons. The van der Waals surface area contributed by atoms with Crippen molar-refractivity contribution in [2.75, 3.05) is 0 Å². The molecule has 0 aliphatic rings. The summed E-state index contributed by atoms with van der Waals surface area (Å²) in [6.07, 6.45) is 0.216. The van der Waals surface area contributed by atoms with Gasteiger partial charge in [0, 0.05) is 17.7 Å². The van der Waals surface area contributed by atoms with Crippen LogP contribution >= 0.6 is 0 Å². The lowest BCUT2D eigenvalue weighted by atomic mass is 10.1. The van der Waals surface area contributed by atoms with Crippen LogP contribution < -0.4 is 5.56 Å². The standard InChI is InChI=1S/C14H13NO3/c16-13(17)9-7-11-6-8-12(15-14(11)18)10-4-2-1-3-5-10/h1-6,8H,7,9H2,(H,15,18)(H,16,17). The predicted octanol–water partition coefficient (Wildman–Crippen LogP) is 2.06. The molecule has 0 unspecified atom stereocenters. The van der Waals surface area contributed by atoms with Gasteiger partial charge >= 0.3 is 5.97 Å². The van der Waals surface area contributed by atoms with E-state index in [2.05, 4.69) is 4.98 Å². The Hall–Kier alpha value is -2.36. The van der Waals surface area contributed by atoms with E-state index in [1.54, 1.807) is 12.1 Å². The smallest absolute Gasteiger partial charge is 0.303 e. The molecule has 0 saturated carbocycles. The molecule has 0 fully saturated rings. The van der Waals surface area contributed by atoms with Gasteiger partial charge in [-0.1, -0.05) is 36.4 Å². The Labute approximate surface area is 104 Å². The quantitative estimate of drug-likeness (QED) is 0.863.